The maximum Gasteiger partial charge on any atom is 0.331 e. The second-order valence-electron chi connectivity index (χ2n) is 13.8. The lowest BCUT2D eigenvalue weighted by atomic mass is 9.42. The summed E-state index contributed by atoms with van der Waals surface area (Å²) in [5.74, 6) is -2.97. The molecule has 0 aromatic rings. The van der Waals surface area contributed by atoms with Crippen molar-refractivity contribution in [2.24, 2.45) is 34.5 Å². The summed E-state index contributed by atoms with van der Waals surface area (Å²) >= 11 is 0. The first kappa shape index (κ1) is 27.7. The van der Waals surface area contributed by atoms with Crippen molar-refractivity contribution >= 4 is 5.97 Å². The number of esters is 1. The lowest BCUT2D eigenvalue weighted by molar-refractivity contribution is -0.461. The average Bonchev–Trinajstić information content (AvgIpc) is 3.48. The molecule has 14 atom stereocenters. The van der Waals surface area contributed by atoms with Crippen molar-refractivity contribution in [1.29, 1.82) is 0 Å². The summed E-state index contributed by atoms with van der Waals surface area (Å²) in [6.45, 7) is 1.67. The van der Waals surface area contributed by atoms with Crippen LogP contribution in [0.25, 0.3) is 0 Å². The van der Waals surface area contributed by atoms with E-state index in [1.54, 1.807) is 0 Å². The molecule has 6 fully saturated rings. The molecule has 2 saturated heterocycles. The molecular weight excluding hydrogens is 524 g/mol. The van der Waals surface area contributed by atoms with Gasteiger partial charge in [0.1, 0.15) is 12.7 Å². The molecular formula is C29H42O11. The van der Waals surface area contributed by atoms with Gasteiger partial charge in [-0.25, -0.2) is 4.79 Å². The Labute approximate surface area is 233 Å². The summed E-state index contributed by atoms with van der Waals surface area (Å²) in [4.78, 5) is 11.9. The minimum absolute atomic E-state index is 0.00520. The second-order valence-corrected chi connectivity index (χ2v) is 13.8. The molecule has 6 unspecified atom stereocenters. The number of cyclic esters (lactones) is 1. The molecule has 0 spiro atoms. The van der Waals surface area contributed by atoms with E-state index in [-0.39, 0.29) is 55.9 Å². The highest BCUT2D eigenvalue weighted by Gasteiger charge is 2.72. The number of aliphatic hydroxyl groups excluding tert-OH is 4. The van der Waals surface area contributed by atoms with E-state index in [0.717, 1.165) is 18.4 Å². The highest BCUT2D eigenvalue weighted by Crippen LogP contribution is 2.70. The maximum absolute atomic E-state index is 12.5. The zero-order valence-electron chi connectivity index (χ0n) is 22.9. The van der Waals surface area contributed by atoms with Gasteiger partial charge in [-0.2, -0.15) is 0 Å². The summed E-state index contributed by atoms with van der Waals surface area (Å²) < 4.78 is 23.3. The Morgan fingerprint density at radius 1 is 0.975 bits per heavy atom. The van der Waals surface area contributed by atoms with E-state index in [4.69, 9.17) is 18.9 Å². The number of hydrogen-bond acceptors (Lipinski definition) is 11. The van der Waals surface area contributed by atoms with Crippen LogP contribution in [0.3, 0.4) is 0 Å². The smallest absolute Gasteiger partial charge is 0.331 e. The molecule has 4 aliphatic carbocycles. The fourth-order valence-corrected chi connectivity index (χ4v) is 10.4. The van der Waals surface area contributed by atoms with E-state index >= 15 is 0 Å². The number of aliphatic hydroxyl groups is 6. The molecule has 7 rings (SSSR count). The second kappa shape index (κ2) is 9.17. The number of carbonyl (C=O) groups excluding carboxylic acids is 1. The SMILES string of the molecule is C[C@]12[C@H](O)CC3C(CCC4CC5OC6O[C@H](CO)C[C@@H](O)[C@]6(O)OC5C[C@@]43CO)[C@@]1(O)CC[C@@H]2C1=CC(=O)OC1. The number of hydrogen-bond donors (Lipinski definition) is 6. The number of rotatable bonds is 3. The van der Waals surface area contributed by atoms with Crippen molar-refractivity contribution in [1.82, 2.24) is 0 Å². The minimum Gasteiger partial charge on any atom is -0.458 e. The first-order valence-electron chi connectivity index (χ1n) is 14.9. The zero-order chi connectivity index (χ0) is 28.2. The Morgan fingerprint density at radius 2 is 1.77 bits per heavy atom. The molecule has 0 radical (unpaired) electrons. The van der Waals surface area contributed by atoms with Crippen LogP contribution in [-0.2, 0) is 23.7 Å². The molecule has 0 aromatic heterocycles. The van der Waals surface area contributed by atoms with Crippen LogP contribution in [0.2, 0.25) is 0 Å². The third-order valence-electron chi connectivity index (χ3n) is 12.5. The van der Waals surface area contributed by atoms with Crippen molar-refractivity contribution in [3.8, 4) is 0 Å². The normalized spacial score (nSPS) is 57.2. The Bertz CT molecular complexity index is 1080. The quantitative estimate of drug-likeness (QED) is 0.196. The minimum atomic E-state index is -2.10. The summed E-state index contributed by atoms with van der Waals surface area (Å²) in [6.07, 6.45) is 0.297. The monoisotopic (exact) mass is 566 g/mol. The lowest BCUT2D eigenvalue weighted by Crippen LogP contribution is -2.72. The molecule has 7 aliphatic rings. The van der Waals surface area contributed by atoms with Gasteiger partial charge in [-0.1, -0.05) is 6.92 Å². The van der Waals surface area contributed by atoms with Gasteiger partial charge in [-0.05, 0) is 74.2 Å². The van der Waals surface area contributed by atoms with Crippen LogP contribution in [0.1, 0.15) is 58.3 Å². The van der Waals surface area contributed by atoms with Crippen molar-refractivity contribution < 1.29 is 54.4 Å². The molecule has 3 heterocycles. The van der Waals surface area contributed by atoms with Crippen LogP contribution in [-0.4, -0.2) is 105 Å². The number of ether oxygens (including phenoxy) is 4. The first-order valence-corrected chi connectivity index (χ1v) is 14.9. The van der Waals surface area contributed by atoms with Gasteiger partial charge in [-0.3, -0.25) is 0 Å². The van der Waals surface area contributed by atoms with Crippen LogP contribution in [0, 0.1) is 34.5 Å². The fraction of sp³-hybridized carbons (Fsp3) is 0.897. The molecule has 3 aliphatic heterocycles. The summed E-state index contributed by atoms with van der Waals surface area (Å²) in [6, 6.07) is 0. The molecule has 224 valence electrons. The van der Waals surface area contributed by atoms with E-state index in [1.807, 2.05) is 6.92 Å². The molecule has 40 heavy (non-hydrogen) atoms. The topological polar surface area (TPSA) is 175 Å². The Balaban J connectivity index is 1.19. The molecule has 4 saturated carbocycles. The number of fused-ring (bicyclic) bond motifs is 7. The summed E-state index contributed by atoms with van der Waals surface area (Å²) in [7, 11) is 0. The van der Waals surface area contributed by atoms with Crippen LogP contribution in [0.5, 0.6) is 0 Å². The van der Waals surface area contributed by atoms with Crippen LogP contribution < -0.4 is 0 Å². The van der Waals surface area contributed by atoms with E-state index in [1.165, 1.54) is 6.08 Å². The highest BCUT2D eigenvalue weighted by atomic mass is 16.8. The van der Waals surface area contributed by atoms with Crippen molar-refractivity contribution in [2.45, 2.75) is 106 Å². The fourth-order valence-electron chi connectivity index (χ4n) is 10.4. The average molecular weight is 567 g/mol. The third kappa shape index (κ3) is 3.47. The first-order chi connectivity index (χ1) is 19.0. The van der Waals surface area contributed by atoms with Gasteiger partial charge in [-0.15, -0.1) is 0 Å². The molecule has 0 bridgehead atoms. The molecule has 0 aromatic carbocycles. The molecule has 11 nitrogen and oxygen atoms in total. The van der Waals surface area contributed by atoms with Gasteiger partial charge in [0.05, 0.1) is 36.6 Å². The van der Waals surface area contributed by atoms with Crippen molar-refractivity contribution in [2.75, 3.05) is 19.8 Å². The summed E-state index contributed by atoms with van der Waals surface area (Å²) in [5, 5.41) is 66.9. The van der Waals surface area contributed by atoms with Gasteiger partial charge < -0.3 is 49.6 Å². The van der Waals surface area contributed by atoms with Crippen LogP contribution >= 0.6 is 0 Å². The van der Waals surface area contributed by atoms with Gasteiger partial charge in [0.15, 0.2) is 0 Å². The van der Waals surface area contributed by atoms with Gasteiger partial charge >= 0.3 is 5.97 Å². The predicted octanol–water partition coefficient (Wildman–Crippen LogP) is -0.263. The van der Waals surface area contributed by atoms with Crippen LogP contribution in [0.4, 0.5) is 0 Å². The Kier molecular flexibility index (Phi) is 6.35. The third-order valence-corrected chi connectivity index (χ3v) is 12.5. The Hall–Kier alpha value is -1.15. The van der Waals surface area contributed by atoms with Crippen molar-refractivity contribution in [3.63, 3.8) is 0 Å². The van der Waals surface area contributed by atoms with E-state index < -0.39 is 59.0 Å². The molecule has 0 amide bonds. The van der Waals surface area contributed by atoms with E-state index in [9.17, 15) is 35.4 Å². The lowest BCUT2D eigenvalue weighted by Gasteiger charge is -2.66. The maximum atomic E-state index is 12.5. The predicted molar refractivity (Wildman–Crippen MR) is 135 cm³/mol. The van der Waals surface area contributed by atoms with Crippen LogP contribution in [0.15, 0.2) is 11.6 Å². The van der Waals surface area contributed by atoms with E-state index in [0.29, 0.717) is 32.1 Å². The van der Waals surface area contributed by atoms with Gasteiger partial charge in [0.25, 0.3) is 0 Å². The molecule has 6 N–H and O–H groups in total. The Morgan fingerprint density at radius 3 is 2.48 bits per heavy atom. The largest absolute Gasteiger partial charge is 0.458 e. The van der Waals surface area contributed by atoms with Gasteiger partial charge in [0.2, 0.25) is 12.1 Å². The van der Waals surface area contributed by atoms with Gasteiger partial charge in [0, 0.05) is 29.9 Å². The zero-order valence-corrected chi connectivity index (χ0v) is 22.9. The van der Waals surface area contributed by atoms with Crippen molar-refractivity contribution in [3.05, 3.63) is 11.6 Å². The number of carbonyl (C=O) groups is 1. The molecule has 11 heteroatoms. The highest BCUT2D eigenvalue weighted by molar-refractivity contribution is 5.85. The standard InChI is InChI=1S/C29H42O11/c1-26-17(14-6-24(34)37-12-14)4-5-28(26,35)18-3-2-15-7-20-21(10-27(15,13-31)19(18)9-22(26)32)40-29(36)23(33)8-16(11-30)38-25(29)39-20/h6,15-23,25,30-33,35-36H,2-5,7-13H2,1H3/t15?,16-,17+,18?,19?,20?,21?,22+,23+,25?,26-,27+,28-,29-/m0/s1. The van der Waals surface area contributed by atoms with E-state index in [2.05, 4.69) is 0 Å². The summed E-state index contributed by atoms with van der Waals surface area (Å²) in [5.41, 5.74) is -1.88.